The fourth-order valence-corrected chi connectivity index (χ4v) is 4.23. The van der Waals surface area contributed by atoms with Gasteiger partial charge in [0.15, 0.2) is 18.1 Å². The third-order valence-corrected chi connectivity index (χ3v) is 5.68. The zero-order chi connectivity index (χ0) is 18.4. The van der Waals surface area contributed by atoms with E-state index in [-0.39, 0.29) is 23.6 Å². The maximum Gasteiger partial charge on any atom is 0.260 e. The van der Waals surface area contributed by atoms with E-state index in [0.29, 0.717) is 24.6 Å². The van der Waals surface area contributed by atoms with Gasteiger partial charge in [0.25, 0.3) is 5.91 Å². The average Bonchev–Trinajstić information content (AvgIpc) is 2.93. The molecule has 1 atom stereocenters. The first kappa shape index (κ1) is 18.6. The third-order valence-electron chi connectivity index (χ3n) is 4.37. The van der Waals surface area contributed by atoms with Crippen LogP contribution in [0.15, 0.2) is 48.5 Å². The standard InChI is InChI=1S/C20H22FNO3S/c1-24-17-8-4-5-9-18(17)25-14-20(23)22-11-10-19(26-13-12-22)15-6-2-3-7-16(15)21/h2-9,19H,10-14H2,1H3. The summed E-state index contributed by atoms with van der Waals surface area (Å²) in [5, 5.41) is 0.0733. The van der Waals surface area contributed by atoms with E-state index in [1.54, 1.807) is 42.0 Å². The van der Waals surface area contributed by atoms with Crippen molar-refractivity contribution in [1.82, 2.24) is 4.90 Å². The number of hydrogen-bond acceptors (Lipinski definition) is 4. The van der Waals surface area contributed by atoms with Crippen molar-refractivity contribution >= 4 is 17.7 Å². The molecule has 1 aliphatic rings. The van der Waals surface area contributed by atoms with Gasteiger partial charge in [-0.3, -0.25) is 4.79 Å². The number of hydrogen-bond donors (Lipinski definition) is 0. The second kappa shape index (κ2) is 8.94. The van der Waals surface area contributed by atoms with Gasteiger partial charge in [-0.05, 0) is 24.6 Å². The minimum atomic E-state index is -0.177. The van der Waals surface area contributed by atoms with Gasteiger partial charge in [-0.25, -0.2) is 4.39 Å². The van der Waals surface area contributed by atoms with Crippen LogP contribution in [0, 0.1) is 5.82 Å². The van der Waals surface area contributed by atoms with Gasteiger partial charge in [0.1, 0.15) is 5.82 Å². The molecule has 1 fully saturated rings. The van der Waals surface area contributed by atoms with Crippen molar-refractivity contribution in [2.75, 3.05) is 32.6 Å². The summed E-state index contributed by atoms with van der Waals surface area (Å²) in [5.74, 6) is 1.69. The molecule has 0 spiro atoms. The quantitative estimate of drug-likeness (QED) is 0.794. The second-order valence-electron chi connectivity index (χ2n) is 5.99. The minimum absolute atomic E-state index is 0.0323. The number of carbonyl (C=O) groups is 1. The smallest absolute Gasteiger partial charge is 0.260 e. The molecule has 2 aromatic carbocycles. The van der Waals surface area contributed by atoms with Gasteiger partial charge in [0, 0.05) is 29.7 Å². The molecule has 6 heteroatoms. The van der Waals surface area contributed by atoms with Crippen LogP contribution in [0.2, 0.25) is 0 Å². The van der Waals surface area contributed by atoms with Gasteiger partial charge in [-0.1, -0.05) is 30.3 Å². The van der Waals surface area contributed by atoms with Crippen LogP contribution in [-0.4, -0.2) is 43.4 Å². The van der Waals surface area contributed by atoms with E-state index >= 15 is 0 Å². The van der Waals surface area contributed by atoms with E-state index < -0.39 is 0 Å². The molecular formula is C20H22FNO3S. The molecular weight excluding hydrogens is 353 g/mol. The number of halogens is 1. The van der Waals surface area contributed by atoms with Crippen LogP contribution in [0.25, 0.3) is 0 Å². The van der Waals surface area contributed by atoms with Crippen molar-refractivity contribution in [3.05, 3.63) is 59.9 Å². The van der Waals surface area contributed by atoms with Crippen molar-refractivity contribution in [3.8, 4) is 11.5 Å². The summed E-state index contributed by atoms with van der Waals surface area (Å²) in [4.78, 5) is 14.3. The lowest BCUT2D eigenvalue weighted by Crippen LogP contribution is -2.36. The normalized spacial score (nSPS) is 17.5. The Kier molecular flexibility index (Phi) is 6.39. The lowest BCUT2D eigenvalue weighted by molar-refractivity contribution is -0.133. The van der Waals surface area contributed by atoms with Gasteiger partial charge in [0.2, 0.25) is 0 Å². The number of amides is 1. The van der Waals surface area contributed by atoms with Crippen molar-refractivity contribution in [2.24, 2.45) is 0 Å². The number of methoxy groups -OCH3 is 1. The summed E-state index contributed by atoms with van der Waals surface area (Å²) in [6.07, 6.45) is 0.728. The average molecular weight is 375 g/mol. The maximum absolute atomic E-state index is 14.0. The van der Waals surface area contributed by atoms with E-state index in [9.17, 15) is 9.18 Å². The molecule has 2 aromatic rings. The molecule has 0 aromatic heterocycles. The van der Waals surface area contributed by atoms with E-state index in [4.69, 9.17) is 9.47 Å². The Morgan fingerprint density at radius 1 is 1.15 bits per heavy atom. The van der Waals surface area contributed by atoms with Gasteiger partial charge in [-0.2, -0.15) is 11.8 Å². The third kappa shape index (κ3) is 4.49. The zero-order valence-corrected chi connectivity index (χ0v) is 15.5. The largest absolute Gasteiger partial charge is 0.493 e. The molecule has 0 saturated carbocycles. The molecule has 1 saturated heterocycles. The van der Waals surface area contributed by atoms with E-state index in [1.807, 2.05) is 24.3 Å². The lowest BCUT2D eigenvalue weighted by Gasteiger charge is -2.21. The molecule has 0 N–H and O–H groups in total. The Hall–Kier alpha value is -2.21. The van der Waals surface area contributed by atoms with Crippen LogP contribution < -0.4 is 9.47 Å². The molecule has 0 aliphatic carbocycles. The predicted molar refractivity (Wildman–Crippen MR) is 101 cm³/mol. The zero-order valence-electron chi connectivity index (χ0n) is 14.7. The van der Waals surface area contributed by atoms with Crippen molar-refractivity contribution < 1.29 is 18.7 Å². The molecule has 0 radical (unpaired) electrons. The summed E-state index contributed by atoms with van der Waals surface area (Å²) >= 11 is 1.70. The number of thioether (sulfide) groups is 1. The van der Waals surface area contributed by atoms with E-state index in [2.05, 4.69) is 0 Å². The van der Waals surface area contributed by atoms with E-state index in [0.717, 1.165) is 17.7 Å². The van der Waals surface area contributed by atoms with Crippen molar-refractivity contribution in [3.63, 3.8) is 0 Å². The number of ether oxygens (including phenoxy) is 2. The SMILES string of the molecule is COc1ccccc1OCC(=O)N1CCSC(c2ccccc2F)CC1. The first-order chi connectivity index (χ1) is 12.7. The summed E-state index contributed by atoms with van der Waals surface area (Å²) < 4.78 is 24.9. The summed E-state index contributed by atoms with van der Waals surface area (Å²) in [7, 11) is 1.57. The Morgan fingerprint density at radius 2 is 1.88 bits per heavy atom. The number of benzene rings is 2. The van der Waals surface area contributed by atoms with Crippen LogP contribution in [0.3, 0.4) is 0 Å². The molecule has 1 heterocycles. The molecule has 4 nitrogen and oxygen atoms in total. The van der Waals surface area contributed by atoms with Crippen LogP contribution in [0.5, 0.6) is 11.5 Å². The highest BCUT2D eigenvalue weighted by molar-refractivity contribution is 7.99. The molecule has 1 amide bonds. The number of carbonyl (C=O) groups excluding carboxylic acids is 1. The predicted octanol–water partition coefficient (Wildman–Crippen LogP) is 3.92. The first-order valence-electron chi connectivity index (χ1n) is 8.58. The van der Waals surface area contributed by atoms with E-state index in [1.165, 1.54) is 6.07 Å². The second-order valence-corrected chi connectivity index (χ2v) is 7.30. The van der Waals surface area contributed by atoms with Crippen LogP contribution >= 0.6 is 11.8 Å². The van der Waals surface area contributed by atoms with Gasteiger partial charge >= 0.3 is 0 Å². The highest BCUT2D eigenvalue weighted by atomic mass is 32.2. The van der Waals surface area contributed by atoms with Crippen LogP contribution in [0.4, 0.5) is 4.39 Å². The summed E-state index contributed by atoms with van der Waals surface area (Å²) in [6.45, 7) is 1.21. The van der Waals surface area contributed by atoms with Crippen molar-refractivity contribution in [1.29, 1.82) is 0 Å². The van der Waals surface area contributed by atoms with Crippen LogP contribution in [-0.2, 0) is 4.79 Å². The Balaban J connectivity index is 1.57. The Morgan fingerprint density at radius 3 is 2.65 bits per heavy atom. The van der Waals surface area contributed by atoms with Gasteiger partial charge in [0.05, 0.1) is 7.11 Å². The highest BCUT2D eigenvalue weighted by Gasteiger charge is 2.24. The molecule has 1 unspecified atom stereocenters. The summed E-state index contributed by atoms with van der Waals surface area (Å²) in [6, 6.07) is 14.1. The number of para-hydroxylation sites is 2. The fourth-order valence-electron chi connectivity index (χ4n) is 2.97. The fraction of sp³-hybridized carbons (Fsp3) is 0.350. The topological polar surface area (TPSA) is 38.8 Å². The number of nitrogens with zero attached hydrogens (tertiary/aromatic N) is 1. The first-order valence-corrected chi connectivity index (χ1v) is 9.63. The van der Waals surface area contributed by atoms with Gasteiger partial charge < -0.3 is 14.4 Å². The van der Waals surface area contributed by atoms with Crippen molar-refractivity contribution in [2.45, 2.75) is 11.7 Å². The summed E-state index contributed by atoms with van der Waals surface area (Å²) in [5.41, 5.74) is 0.720. The highest BCUT2D eigenvalue weighted by Crippen LogP contribution is 2.35. The molecule has 3 rings (SSSR count). The van der Waals surface area contributed by atoms with Crippen LogP contribution in [0.1, 0.15) is 17.2 Å². The monoisotopic (exact) mass is 375 g/mol. The lowest BCUT2D eigenvalue weighted by atomic mass is 10.1. The maximum atomic E-state index is 14.0. The Bertz CT molecular complexity index is 755. The molecule has 0 bridgehead atoms. The molecule has 138 valence electrons. The Labute approximate surface area is 157 Å². The van der Waals surface area contributed by atoms with Gasteiger partial charge in [-0.15, -0.1) is 0 Å². The minimum Gasteiger partial charge on any atom is -0.493 e. The molecule has 1 aliphatic heterocycles. The number of rotatable bonds is 5. The molecule has 26 heavy (non-hydrogen) atoms.